The molecule has 0 aliphatic carbocycles. The molecule has 11 heteroatoms. The van der Waals surface area contributed by atoms with E-state index in [-0.39, 0.29) is 35.4 Å². The lowest BCUT2D eigenvalue weighted by molar-refractivity contribution is -0.139. The zero-order valence-corrected chi connectivity index (χ0v) is 23.6. The molecule has 1 aliphatic rings. The van der Waals surface area contributed by atoms with E-state index in [1.165, 1.54) is 12.1 Å². The first-order valence-corrected chi connectivity index (χ1v) is 15.1. The largest absolute Gasteiger partial charge is 0.489 e. The minimum atomic E-state index is -4.05. The number of carbonyl (C=O) groups is 2. The van der Waals surface area contributed by atoms with E-state index in [1.54, 1.807) is 29.2 Å². The molecular formula is C31H31N3O7S. The standard InChI is InChI=1S/C31H31N3O7S/c35-30(18-22-13-15-23(16-14-22)21-40-25-8-3-1-4-9-25)34-17-7-12-28(34)29-20-24(32-41-29)19-27(31(36)37)33-42(38,39)26-10-5-2-6-11-26/h1-6,8-11,13-16,20,27-28,33H,7,12,17-19,21H2,(H,36,37). The summed E-state index contributed by atoms with van der Waals surface area (Å²) in [5.74, 6) is -0.157. The van der Waals surface area contributed by atoms with Crippen LogP contribution in [-0.2, 0) is 39.1 Å². The smallest absolute Gasteiger partial charge is 0.322 e. The van der Waals surface area contributed by atoms with Gasteiger partial charge in [-0.3, -0.25) is 9.59 Å². The van der Waals surface area contributed by atoms with Gasteiger partial charge in [0.2, 0.25) is 15.9 Å². The van der Waals surface area contributed by atoms with Crippen LogP contribution in [-0.4, -0.2) is 48.0 Å². The second-order valence-electron chi connectivity index (χ2n) is 10.1. The van der Waals surface area contributed by atoms with Gasteiger partial charge in [0.15, 0.2) is 5.76 Å². The Balaban J connectivity index is 1.19. The van der Waals surface area contributed by atoms with Crippen LogP contribution in [0.4, 0.5) is 0 Å². The van der Waals surface area contributed by atoms with Gasteiger partial charge in [-0.15, -0.1) is 0 Å². The molecule has 0 radical (unpaired) electrons. The molecule has 2 atom stereocenters. The Labute approximate surface area is 244 Å². The van der Waals surface area contributed by atoms with Gasteiger partial charge in [0.1, 0.15) is 18.4 Å². The second-order valence-corrected chi connectivity index (χ2v) is 11.8. The van der Waals surface area contributed by atoms with Gasteiger partial charge < -0.3 is 19.3 Å². The average Bonchev–Trinajstić information content (AvgIpc) is 3.67. The summed E-state index contributed by atoms with van der Waals surface area (Å²) in [6.07, 6.45) is 1.47. The Bertz CT molecular complexity index is 1610. The number of sulfonamides is 1. The predicted octanol–water partition coefficient (Wildman–Crippen LogP) is 4.13. The van der Waals surface area contributed by atoms with E-state index < -0.39 is 22.0 Å². The molecule has 218 valence electrons. The highest BCUT2D eigenvalue weighted by Crippen LogP contribution is 2.33. The summed E-state index contributed by atoms with van der Waals surface area (Å²) in [5.41, 5.74) is 2.15. The number of carboxylic acids is 1. The van der Waals surface area contributed by atoms with Crippen LogP contribution in [0.3, 0.4) is 0 Å². The van der Waals surface area contributed by atoms with Gasteiger partial charge in [0.25, 0.3) is 0 Å². The highest BCUT2D eigenvalue weighted by atomic mass is 32.2. The van der Waals surface area contributed by atoms with Crippen LogP contribution in [0.1, 0.15) is 41.5 Å². The first-order valence-electron chi connectivity index (χ1n) is 13.6. The Morgan fingerprint density at radius 3 is 2.36 bits per heavy atom. The molecule has 1 amide bonds. The number of para-hydroxylation sites is 1. The van der Waals surface area contributed by atoms with Gasteiger partial charge >= 0.3 is 5.97 Å². The highest BCUT2D eigenvalue weighted by Gasteiger charge is 2.33. The average molecular weight is 590 g/mol. The third-order valence-corrected chi connectivity index (χ3v) is 8.56. The van der Waals surface area contributed by atoms with Crippen LogP contribution in [0.25, 0.3) is 0 Å². The number of nitrogens with zero attached hydrogens (tertiary/aromatic N) is 2. The topological polar surface area (TPSA) is 139 Å². The lowest BCUT2D eigenvalue weighted by Crippen LogP contribution is -2.42. The van der Waals surface area contributed by atoms with Gasteiger partial charge in [0.05, 0.1) is 23.1 Å². The van der Waals surface area contributed by atoms with Gasteiger partial charge in [-0.05, 0) is 48.2 Å². The molecule has 3 aromatic carbocycles. The molecule has 2 heterocycles. The van der Waals surface area contributed by atoms with Crippen molar-refractivity contribution in [2.24, 2.45) is 0 Å². The maximum atomic E-state index is 13.2. The van der Waals surface area contributed by atoms with E-state index in [0.717, 1.165) is 23.3 Å². The fourth-order valence-corrected chi connectivity index (χ4v) is 6.11. The van der Waals surface area contributed by atoms with Crippen LogP contribution in [0, 0.1) is 0 Å². The first kappa shape index (κ1) is 29.0. The summed E-state index contributed by atoms with van der Waals surface area (Å²) in [6, 6.07) is 24.7. The van der Waals surface area contributed by atoms with Crippen molar-refractivity contribution >= 4 is 21.9 Å². The van der Waals surface area contributed by atoms with E-state index >= 15 is 0 Å². The van der Waals surface area contributed by atoms with E-state index in [4.69, 9.17) is 9.26 Å². The van der Waals surface area contributed by atoms with Gasteiger partial charge in [-0.1, -0.05) is 65.8 Å². The van der Waals surface area contributed by atoms with Crippen molar-refractivity contribution in [3.05, 3.63) is 114 Å². The fourth-order valence-electron chi connectivity index (χ4n) is 4.90. The highest BCUT2D eigenvalue weighted by molar-refractivity contribution is 7.89. The molecule has 1 saturated heterocycles. The van der Waals surface area contributed by atoms with Crippen molar-refractivity contribution in [2.75, 3.05) is 6.54 Å². The molecule has 0 saturated carbocycles. The zero-order valence-electron chi connectivity index (χ0n) is 22.8. The molecule has 1 aliphatic heterocycles. The van der Waals surface area contributed by atoms with E-state index in [9.17, 15) is 23.1 Å². The minimum Gasteiger partial charge on any atom is -0.489 e. The summed E-state index contributed by atoms with van der Waals surface area (Å²) in [4.78, 5) is 26.8. The van der Waals surface area contributed by atoms with E-state index in [2.05, 4.69) is 9.88 Å². The summed E-state index contributed by atoms with van der Waals surface area (Å²) < 4.78 is 38.9. The Kier molecular flexibility index (Phi) is 8.99. The number of nitrogens with one attached hydrogen (secondary N) is 1. The summed E-state index contributed by atoms with van der Waals surface area (Å²) in [6.45, 7) is 0.994. The summed E-state index contributed by atoms with van der Waals surface area (Å²) in [7, 11) is -4.05. The van der Waals surface area contributed by atoms with Crippen LogP contribution in [0.15, 0.2) is 100 Å². The third-order valence-electron chi connectivity index (χ3n) is 7.07. The molecule has 5 rings (SSSR count). The predicted molar refractivity (Wildman–Crippen MR) is 153 cm³/mol. The van der Waals surface area contributed by atoms with Crippen molar-refractivity contribution in [2.45, 2.75) is 49.3 Å². The number of hydrogen-bond acceptors (Lipinski definition) is 7. The molecule has 0 bridgehead atoms. The molecule has 4 aromatic rings. The number of aromatic nitrogens is 1. The number of rotatable bonds is 12. The third kappa shape index (κ3) is 7.23. The molecule has 10 nitrogen and oxygen atoms in total. The lowest BCUT2D eigenvalue weighted by Gasteiger charge is -2.22. The molecule has 2 N–H and O–H groups in total. The van der Waals surface area contributed by atoms with Crippen LogP contribution in [0.2, 0.25) is 0 Å². The molecular weight excluding hydrogens is 558 g/mol. The number of benzene rings is 3. The Hall–Kier alpha value is -4.48. The van der Waals surface area contributed by atoms with Crippen molar-refractivity contribution in [3.8, 4) is 5.75 Å². The maximum Gasteiger partial charge on any atom is 0.322 e. The van der Waals surface area contributed by atoms with Crippen molar-refractivity contribution in [1.82, 2.24) is 14.8 Å². The number of likely N-dealkylation sites (tertiary alicyclic amines) is 1. The van der Waals surface area contributed by atoms with Crippen molar-refractivity contribution in [1.29, 1.82) is 0 Å². The number of carboxylic acid groups (broad SMARTS) is 1. The molecule has 0 spiro atoms. The SMILES string of the molecule is O=C(O)C(Cc1cc(C2CCCN2C(=O)Cc2ccc(COc3ccccc3)cc2)on1)NS(=O)(=O)c1ccccc1. The van der Waals surface area contributed by atoms with Crippen LogP contribution < -0.4 is 9.46 Å². The van der Waals surface area contributed by atoms with E-state index in [1.807, 2.05) is 54.6 Å². The Morgan fingerprint density at radius 1 is 1.00 bits per heavy atom. The summed E-state index contributed by atoms with van der Waals surface area (Å²) >= 11 is 0. The normalized spacial score (nSPS) is 15.8. The lowest BCUT2D eigenvalue weighted by atomic mass is 10.1. The number of carbonyl (C=O) groups excluding carboxylic acids is 1. The zero-order chi connectivity index (χ0) is 29.5. The first-order chi connectivity index (χ1) is 20.3. The van der Waals surface area contributed by atoms with Crippen LogP contribution >= 0.6 is 0 Å². The number of hydrogen-bond donors (Lipinski definition) is 2. The second kappa shape index (κ2) is 13.0. The fraction of sp³-hybridized carbons (Fsp3) is 0.258. The van der Waals surface area contributed by atoms with E-state index in [0.29, 0.717) is 25.3 Å². The Morgan fingerprint density at radius 2 is 1.67 bits per heavy atom. The quantitative estimate of drug-likeness (QED) is 0.252. The van der Waals surface area contributed by atoms with Gasteiger partial charge in [0, 0.05) is 19.0 Å². The molecule has 2 unspecified atom stereocenters. The molecule has 42 heavy (non-hydrogen) atoms. The summed E-state index contributed by atoms with van der Waals surface area (Å²) in [5, 5.41) is 13.7. The molecule has 1 fully saturated rings. The van der Waals surface area contributed by atoms with Crippen LogP contribution in [0.5, 0.6) is 5.75 Å². The monoisotopic (exact) mass is 589 g/mol. The number of ether oxygens (including phenoxy) is 1. The number of aliphatic carboxylic acids is 1. The van der Waals surface area contributed by atoms with Crippen molar-refractivity contribution < 1.29 is 32.4 Å². The van der Waals surface area contributed by atoms with Crippen molar-refractivity contribution in [3.63, 3.8) is 0 Å². The molecule has 1 aromatic heterocycles. The number of amides is 1. The van der Waals surface area contributed by atoms with Gasteiger partial charge in [-0.25, -0.2) is 8.42 Å². The minimum absolute atomic E-state index is 0.0349. The maximum absolute atomic E-state index is 13.2. The van der Waals surface area contributed by atoms with Gasteiger partial charge in [-0.2, -0.15) is 4.72 Å².